The first kappa shape index (κ1) is 12.6. The fourth-order valence-electron chi connectivity index (χ4n) is 2.04. The molecular weight excluding hydrogens is 234 g/mol. The van der Waals surface area contributed by atoms with Gasteiger partial charge in [0.2, 0.25) is 0 Å². The Morgan fingerprint density at radius 1 is 1.53 bits per heavy atom. The van der Waals surface area contributed by atoms with Crippen LogP contribution in [-0.2, 0) is 17.2 Å². The average Bonchev–Trinajstić information content (AvgIpc) is 2.66. The molecule has 4 heteroatoms. The lowest BCUT2D eigenvalue weighted by atomic mass is 10.1. The van der Waals surface area contributed by atoms with E-state index < -0.39 is 10.8 Å². The third-order valence-electron chi connectivity index (χ3n) is 2.90. The molecule has 0 radical (unpaired) electrons. The van der Waals surface area contributed by atoms with Crippen molar-refractivity contribution < 1.29 is 8.95 Å². The van der Waals surface area contributed by atoms with E-state index in [9.17, 15) is 4.21 Å². The summed E-state index contributed by atoms with van der Waals surface area (Å²) in [5, 5.41) is 3.29. The van der Waals surface area contributed by atoms with Crippen LogP contribution < -0.4 is 10.1 Å². The summed E-state index contributed by atoms with van der Waals surface area (Å²) in [4.78, 5) is 0. The van der Waals surface area contributed by atoms with Crippen molar-refractivity contribution in [3.05, 3.63) is 29.3 Å². The highest BCUT2D eigenvalue weighted by Crippen LogP contribution is 2.29. The Labute approximate surface area is 105 Å². The molecule has 0 saturated carbocycles. The minimum absolute atomic E-state index is 0.220. The van der Waals surface area contributed by atoms with Gasteiger partial charge in [0.15, 0.2) is 0 Å². The largest absolute Gasteiger partial charge is 0.488 e. The molecule has 2 unspecified atom stereocenters. The molecule has 3 nitrogen and oxygen atoms in total. The van der Waals surface area contributed by atoms with Crippen LogP contribution in [0.5, 0.6) is 5.75 Å². The van der Waals surface area contributed by atoms with Crippen LogP contribution in [0, 0.1) is 6.92 Å². The van der Waals surface area contributed by atoms with Crippen molar-refractivity contribution in [1.82, 2.24) is 5.32 Å². The summed E-state index contributed by atoms with van der Waals surface area (Å²) in [6.45, 7) is 3.71. The van der Waals surface area contributed by atoms with Gasteiger partial charge in [-0.2, -0.15) is 0 Å². The van der Waals surface area contributed by atoms with E-state index in [4.69, 9.17) is 4.74 Å². The number of nitrogens with one attached hydrogen (secondary N) is 1. The summed E-state index contributed by atoms with van der Waals surface area (Å²) < 4.78 is 16.7. The van der Waals surface area contributed by atoms with Gasteiger partial charge < -0.3 is 10.1 Å². The first-order valence-electron chi connectivity index (χ1n) is 5.92. The van der Waals surface area contributed by atoms with Crippen LogP contribution in [0.1, 0.15) is 11.1 Å². The van der Waals surface area contributed by atoms with Gasteiger partial charge in [0.1, 0.15) is 11.9 Å². The minimum Gasteiger partial charge on any atom is -0.488 e. The maximum Gasteiger partial charge on any atom is 0.123 e. The van der Waals surface area contributed by atoms with Crippen molar-refractivity contribution in [2.24, 2.45) is 0 Å². The molecule has 94 valence electrons. The standard InChI is InChI=1S/C13H19NO2S/c1-10-3-4-13-11(7-10)8-12(16-13)9-14-5-6-17(2)15/h3-4,7,12,14H,5-6,8-9H2,1-2H3. The molecule has 1 aliphatic heterocycles. The number of ether oxygens (including phenoxy) is 1. The summed E-state index contributed by atoms with van der Waals surface area (Å²) in [5.74, 6) is 1.72. The molecule has 0 spiro atoms. The van der Waals surface area contributed by atoms with Crippen molar-refractivity contribution in [3.8, 4) is 5.75 Å². The summed E-state index contributed by atoms with van der Waals surface area (Å²) >= 11 is 0. The lowest BCUT2D eigenvalue weighted by molar-refractivity contribution is 0.229. The fourth-order valence-corrected chi connectivity index (χ4v) is 2.47. The van der Waals surface area contributed by atoms with Gasteiger partial charge in [-0.3, -0.25) is 4.21 Å². The first-order valence-corrected chi connectivity index (χ1v) is 7.65. The smallest absolute Gasteiger partial charge is 0.123 e. The van der Waals surface area contributed by atoms with Crippen molar-refractivity contribution in [3.63, 3.8) is 0 Å². The maximum atomic E-state index is 10.9. The van der Waals surface area contributed by atoms with Crippen LogP contribution in [0.2, 0.25) is 0 Å². The number of hydrogen-bond acceptors (Lipinski definition) is 3. The Morgan fingerprint density at radius 3 is 3.12 bits per heavy atom. The van der Waals surface area contributed by atoms with E-state index in [0.29, 0.717) is 5.75 Å². The Bertz CT molecular complexity index is 420. The molecule has 0 saturated heterocycles. The number of rotatable bonds is 5. The molecule has 17 heavy (non-hydrogen) atoms. The predicted molar refractivity (Wildman–Crippen MR) is 71.1 cm³/mol. The van der Waals surface area contributed by atoms with Crippen LogP contribution in [0.25, 0.3) is 0 Å². The fraction of sp³-hybridized carbons (Fsp3) is 0.538. The highest BCUT2D eigenvalue weighted by molar-refractivity contribution is 7.84. The second kappa shape index (κ2) is 5.65. The highest BCUT2D eigenvalue weighted by Gasteiger charge is 2.22. The first-order chi connectivity index (χ1) is 8.15. The monoisotopic (exact) mass is 253 g/mol. The molecule has 1 aromatic rings. The molecule has 1 aliphatic rings. The van der Waals surface area contributed by atoms with E-state index in [1.54, 1.807) is 6.26 Å². The van der Waals surface area contributed by atoms with E-state index in [1.165, 1.54) is 11.1 Å². The van der Waals surface area contributed by atoms with E-state index in [1.807, 2.05) is 6.07 Å². The Morgan fingerprint density at radius 2 is 2.35 bits per heavy atom. The van der Waals surface area contributed by atoms with Gasteiger partial charge in [0.25, 0.3) is 0 Å². The van der Waals surface area contributed by atoms with Gasteiger partial charge in [0.05, 0.1) is 0 Å². The summed E-state index contributed by atoms with van der Waals surface area (Å²) in [6, 6.07) is 6.32. The van der Waals surface area contributed by atoms with Gasteiger partial charge in [0, 0.05) is 42.3 Å². The molecule has 1 N–H and O–H groups in total. The van der Waals surface area contributed by atoms with Crippen LogP contribution in [-0.4, -0.2) is 35.4 Å². The molecule has 0 bridgehead atoms. The second-order valence-corrected chi connectivity index (χ2v) is 6.09. The van der Waals surface area contributed by atoms with Gasteiger partial charge in [-0.15, -0.1) is 0 Å². The highest BCUT2D eigenvalue weighted by atomic mass is 32.2. The van der Waals surface area contributed by atoms with E-state index in [2.05, 4.69) is 24.4 Å². The van der Waals surface area contributed by atoms with E-state index in [0.717, 1.165) is 25.3 Å². The molecule has 0 aliphatic carbocycles. The molecule has 1 heterocycles. The van der Waals surface area contributed by atoms with E-state index >= 15 is 0 Å². The zero-order valence-corrected chi connectivity index (χ0v) is 11.2. The van der Waals surface area contributed by atoms with Crippen molar-refractivity contribution in [2.45, 2.75) is 19.4 Å². The Kier molecular flexibility index (Phi) is 4.18. The summed E-state index contributed by atoms with van der Waals surface area (Å²) in [6.07, 6.45) is 2.92. The minimum atomic E-state index is -0.715. The zero-order chi connectivity index (χ0) is 12.3. The maximum absolute atomic E-state index is 10.9. The van der Waals surface area contributed by atoms with Gasteiger partial charge in [-0.25, -0.2) is 0 Å². The van der Waals surface area contributed by atoms with E-state index in [-0.39, 0.29) is 6.10 Å². The second-order valence-electron chi connectivity index (χ2n) is 4.54. The van der Waals surface area contributed by atoms with Crippen LogP contribution in [0.15, 0.2) is 18.2 Å². The SMILES string of the molecule is Cc1ccc2c(c1)CC(CNCCS(C)=O)O2. The van der Waals surface area contributed by atoms with Crippen LogP contribution in [0.3, 0.4) is 0 Å². The molecule has 2 rings (SSSR count). The summed E-state index contributed by atoms with van der Waals surface area (Å²) in [7, 11) is -0.715. The third kappa shape index (κ3) is 3.54. The molecule has 2 atom stereocenters. The van der Waals surface area contributed by atoms with Gasteiger partial charge in [-0.05, 0) is 18.6 Å². The van der Waals surface area contributed by atoms with Crippen molar-refractivity contribution >= 4 is 10.8 Å². The quantitative estimate of drug-likeness (QED) is 0.803. The van der Waals surface area contributed by atoms with Gasteiger partial charge in [-0.1, -0.05) is 17.7 Å². The Balaban J connectivity index is 1.78. The van der Waals surface area contributed by atoms with Crippen LogP contribution >= 0.6 is 0 Å². The average molecular weight is 253 g/mol. The lowest BCUT2D eigenvalue weighted by Crippen LogP contribution is -2.32. The molecule has 0 amide bonds. The topological polar surface area (TPSA) is 38.3 Å². The lowest BCUT2D eigenvalue weighted by Gasteiger charge is -2.11. The number of hydrogen-bond donors (Lipinski definition) is 1. The third-order valence-corrected chi connectivity index (χ3v) is 3.67. The van der Waals surface area contributed by atoms with Gasteiger partial charge >= 0.3 is 0 Å². The number of fused-ring (bicyclic) bond motifs is 1. The Hall–Kier alpha value is -0.870. The van der Waals surface area contributed by atoms with Crippen LogP contribution in [0.4, 0.5) is 0 Å². The molecule has 0 aromatic heterocycles. The van der Waals surface area contributed by atoms with Crippen molar-refractivity contribution in [1.29, 1.82) is 0 Å². The number of benzene rings is 1. The molecular formula is C13H19NO2S. The van der Waals surface area contributed by atoms with Crippen molar-refractivity contribution in [2.75, 3.05) is 25.1 Å². The zero-order valence-electron chi connectivity index (χ0n) is 10.4. The molecule has 0 fully saturated rings. The number of aryl methyl sites for hydroxylation is 1. The normalized spacial score (nSPS) is 19.8. The summed E-state index contributed by atoms with van der Waals surface area (Å²) in [5.41, 5.74) is 2.58. The predicted octanol–water partition coefficient (Wildman–Crippen LogP) is 1.27. The molecule has 1 aromatic carbocycles.